The van der Waals surface area contributed by atoms with E-state index in [0.29, 0.717) is 17.0 Å². The number of amides is 2. The number of carbonyl (C=O) groups is 2. The lowest BCUT2D eigenvalue weighted by Crippen LogP contribution is -2.39. The van der Waals surface area contributed by atoms with Crippen molar-refractivity contribution in [1.82, 2.24) is 20.0 Å². The van der Waals surface area contributed by atoms with E-state index in [9.17, 15) is 18.0 Å². The third kappa shape index (κ3) is 6.29. The smallest absolute Gasteiger partial charge is 0.253 e. The summed E-state index contributed by atoms with van der Waals surface area (Å²) in [6, 6.07) is 11.0. The number of aryl methyl sites for hydroxylation is 1. The highest BCUT2D eigenvalue weighted by atomic mass is 79.9. The van der Waals surface area contributed by atoms with Crippen LogP contribution in [0.3, 0.4) is 0 Å². The minimum Gasteiger partial charge on any atom is -0.351 e. The Morgan fingerprint density at radius 2 is 1.80 bits per heavy atom. The number of nitrogens with one attached hydrogen (secondary N) is 1. The van der Waals surface area contributed by atoms with Crippen molar-refractivity contribution >= 4 is 48.5 Å². The molecular formula is C25H29BrN4O4S. The lowest BCUT2D eigenvalue weighted by Gasteiger charge is -2.32. The summed E-state index contributed by atoms with van der Waals surface area (Å²) in [4.78, 5) is 27.2. The molecule has 1 saturated heterocycles. The Hall–Kier alpha value is -2.72. The van der Waals surface area contributed by atoms with Crippen molar-refractivity contribution in [2.24, 2.45) is 5.92 Å². The van der Waals surface area contributed by atoms with E-state index in [1.165, 1.54) is 0 Å². The van der Waals surface area contributed by atoms with E-state index in [1.54, 1.807) is 6.07 Å². The van der Waals surface area contributed by atoms with Crippen LogP contribution in [0.2, 0.25) is 0 Å². The molecule has 35 heavy (non-hydrogen) atoms. The van der Waals surface area contributed by atoms with Gasteiger partial charge in [-0.15, -0.1) is 0 Å². The second-order valence-corrected chi connectivity index (χ2v) is 12.3. The molecule has 0 aliphatic carbocycles. The van der Waals surface area contributed by atoms with Crippen LogP contribution in [0.25, 0.3) is 10.9 Å². The third-order valence-electron chi connectivity index (χ3n) is 6.45. The van der Waals surface area contributed by atoms with Crippen LogP contribution >= 0.6 is 15.9 Å². The summed E-state index contributed by atoms with van der Waals surface area (Å²) < 4.78 is 25.5. The Kier molecular flexibility index (Phi) is 7.61. The van der Waals surface area contributed by atoms with E-state index in [0.717, 1.165) is 59.7 Å². The molecule has 186 valence electrons. The number of likely N-dealkylation sites (tertiary alicyclic amines) is 1. The van der Waals surface area contributed by atoms with Crippen molar-refractivity contribution in [3.63, 3.8) is 0 Å². The predicted octanol–water partition coefficient (Wildman–Crippen LogP) is 3.43. The highest BCUT2D eigenvalue weighted by Crippen LogP contribution is 2.25. The summed E-state index contributed by atoms with van der Waals surface area (Å²) in [5, 5.41) is 8.28. The zero-order valence-electron chi connectivity index (χ0n) is 19.8. The van der Waals surface area contributed by atoms with Gasteiger partial charge < -0.3 is 10.2 Å². The molecule has 0 atom stereocenters. The van der Waals surface area contributed by atoms with Crippen LogP contribution in [-0.4, -0.2) is 66.6 Å². The van der Waals surface area contributed by atoms with Crippen LogP contribution in [0, 0.1) is 12.8 Å². The second kappa shape index (κ2) is 10.5. The molecule has 2 heterocycles. The highest BCUT2D eigenvalue weighted by molar-refractivity contribution is 9.10. The van der Waals surface area contributed by atoms with Gasteiger partial charge in [0.25, 0.3) is 11.8 Å². The molecule has 2 amide bonds. The van der Waals surface area contributed by atoms with E-state index >= 15 is 0 Å². The van der Waals surface area contributed by atoms with E-state index in [-0.39, 0.29) is 24.1 Å². The van der Waals surface area contributed by atoms with Gasteiger partial charge in [-0.05, 0) is 67.6 Å². The third-order valence-corrected chi connectivity index (χ3v) is 7.92. The fourth-order valence-electron chi connectivity index (χ4n) is 4.42. The summed E-state index contributed by atoms with van der Waals surface area (Å²) in [6.45, 7) is 4.15. The standard InChI is InChI=1S/C25H29BrN4O4S/c1-17-21(24(31)27-11-14-35(2,33)34)7-8-23-22(17)16-30(28-23)15-18-9-12-29(13-10-18)25(32)19-3-5-20(26)6-4-19/h3-8,16,18H,9-15H2,1-2H3,(H,27,31). The van der Waals surface area contributed by atoms with E-state index in [2.05, 4.69) is 21.2 Å². The molecule has 1 fully saturated rings. The Morgan fingerprint density at radius 3 is 2.46 bits per heavy atom. The first-order valence-electron chi connectivity index (χ1n) is 11.6. The van der Waals surface area contributed by atoms with Crippen molar-refractivity contribution in [3.8, 4) is 0 Å². The number of halogens is 1. The summed E-state index contributed by atoms with van der Waals surface area (Å²) in [6.07, 6.45) is 4.93. The maximum Gasteiger partial charge on any atom is 0.253 e. The van der Waals surface area contributed by atoms with Crippen molar-refractivity contribution < 1.29 is 18.0 Å². The first kappa shape index (κ1) is 25.4. The molecule has 0 saturated carbocycles. The molecule has 4 rings (SSSR count). The fraction of sp³-hybridized carbons (Fsp3) is 0.400. The maximum atomic E-state index is 12.8. The van der Waals surface area contributed by atoms with Crippen LogP contribution < -0.4 is 5.32 Å². The number of hydrogen-bond donors (Lipinski definition) is 1. The Labute approximate surface area is 213 Å². The molecule has 0 spiro atoms. The SMILES string of the molecule is Cc1c(C(=O)NCCS(C)(=O)=O)ccc2nn(CC3CCN(C(=O)c4ccc(Br)cc4)CC3)cc12. The van der Waals surface area contributed by atoms with Crippen molar-refractivity contribution in [2.45, 2.75) is 26.3 Å². The Morgan fingerprint density at radius 1 is 1.11 bits per heavy atom. The number of carbonyl (C=O) groups excluding carboxylic acids is 2. The van der Waals surface area contributed by atoms with Gasteiger partial charge in [-0.1, -0.05) is 15.9 Å². The van der Waals surface area contributed by atoms with Crippen LogP contribution in [-0.2, 0) is 16.4 Å². The average Bonchev–Trinajstić information content (AvgIpc) is 3.22. The van der Waals surface area contributed by atoms with Crippen LogP contribution in [0.1, 0.15) is 39.1 Å². The van der Waals surface area contributed by atoms with Gasteiger partial charge in [0.05, 0.1) is 11.3 Å². The predicted molar refractivity (Wildman–Crippen MR) is 139 cm³/mol. The topological polar surface area (TPSA) is 101 Å². The zero-order chi connectivity index (χ0) is 25.2. The number of benzene rings is 2. The molecule has 0 radical (unpaired) electrons. The first-order valence-corrected chi connectivity index (χ1v) is 14.4. The van der Waals surface area contributed by atoms with Crippen LogP contribution in [0.4, 0.5) is 0 Å². The monoisotopic (exact) mass is 560 g/mol. The molecular weight excluding hydrogens is 532 g/mol. The average molecular weight is 562 g/mol. The largest absolute Gasteiger partial charge is 0.351 e. The van der Waals surface area contributed by atoms with Gasteiger partial charge >= 0.3 is 0 Å². The summed E-state index contributed by atoms with van der Waals surface area (Å²) in [5.74, 6) is 0.102. The molecule has 0 bridgehead atoms. The molecule has 10 heteroatoms. The number of aromatic nitrogens is 2. The van der Waals surface area contributed by atoms with Crippen molar-refractivity contribution in [3.05, 3.63) is 63.8 Å². The Bertz CT molecular complexity index is 1340. The molecule has 3 aromatic rings. The lowest BCUT2D eigenvalue weighted by molar-refractivity contribution is 0.0681. The molecule has 1 aliphatic heterocycles. The number of nitrogens with zero attached hydrogens (tertiary/aromatic N) is 3. The van der Waals surface area contributed by atoms with Gasteiger partial charge in [-0.2, -0.15) is 5.10 Å². The minimum atomic E-state index is -3.13. The van der Waals surface area contributed by atoms with Gasteiger partial charge in [0.1, 0.15) is 9.84 Å². The Balaban J connectivity index is 1.37. The lowest BCUT2D eigenvalue weighted by atomic mass is 9.96. The fourth-order valence-corrected chi connectivity index (χ4v) is 5.16. The van der Waals surface area contributed by atoms with Gasteiger partial charge in [0.15, 0.2) is 0 Å². The van der Waals surface area contributed by atoms with Gasteiger partial charge in [-0.25, -0.2) is 8.42 Å². The summed E-state index contributed by atoms with van der Waals surface area (Å²) in [5.41, 5.74) is 2.86. The molecule has 2 aromatic carbocycles. The quantitative estimate of drug-likeness (QED) is 0.477. The summed E-state index contributed by atoms with van der Waals surface area (Å²) in [7, 11) is -3.13. The van der Waals surface area contributed by atoms with E-state index < -0.39 is 9.84 Å². The zero-order valence-corrected chi connectivity index (χ0v) is 22.2. The normalized spacial score (nSPS) is 14.9. The van der Waals surface area contributed by atoms with Gasteiger partial charge in [-0.3, -0.25) is 14.3 Å². The maximum absolute atomic E-state index is 12.8. The molecule has 1 N–H and O–H groups in total. The van der Waals surface area contributed by atoms with E-state index in [4.69, 9.17) is 5.10 Å². The summed E-state index contributed by atoms with van der Waals surface area (Å²) >= 11 is 3.40. The molecule has 0 unspecified atom stereocenters. The molecule has 1 aromatic heterocycles. The highest BCUT2D eigenvalue weighted by Gasteiger charge is 2.24. The van der Waals surface area contributed by atoms with Gasteiger partial charge in [0, 0.05) is 59.6 Å². The van der Waals surface area contributed by atoms with Crippen LogP contribution in [0.5, 0.6) is 0 Å². The van der Waals surface area contributed by atoms with Crippen LogP contribution in [0.15, 0.2) is 47.1 Å². The number of hydrogen-bond acceptors (Lipinski definition) is 5. The number of fused-ring (bicyclic) bond motifs is 1. The second-order valence-electron chi connectivity index (χ2n) is 9.15. The van der Waals surface area contributed by atoms with Gasteiger partial charge in [0.2, 0.25) is 0 Å². The van der Waals surface area contributed by atoms with E-state index in [1.807, 2.05) is 53.0 Å². The van der Waals surface area contributed by atoms with Crippen molar-refractivity contribution in [2.75, 3.05) is 31.6 Å². The number of sulfone groups is 1. The minimum absolute atomic E-state index is 0.0683. The molecule has 1 aliphatic rings. The number of rotatable bonds is 7. The van der Waals surface area contributed by atoms with Crippen molar-refractivity contribution in [1.29, 1.82) is 0 Å². The first-order chi connectivity index (χ1) is 16.6. The molecule has 8 nitrogen and oxygen atoms in total. The number of piperidine rings is 1.